The lowest BCUT2D eigenvalue weighted by Crippen LogP contribution is -2.01. The molecule has 0 amide bonds. The predicted octanol–water partition coefficient (Wildman–Crippen LogP) is 2.66. The lowest BCUT2D eigenvalue weighted by molar-refractivity contribution is 0.133. The first-order chi connectivity index (χ1) is 7.83. The Kier molecular flexibility index (Phi) is 6.53. The number of hydrogen-bond donors (Lipinski definition) is 1. The van der Waals surface area contributed by atoms with Crippen molar-refractivity contribution >= 4 is 0 Å². The van der Waals surface area contributed by atoms with Gasteiger partial charge in [-0.05, 0) is 43.5 Å². The molecule has 90 valence electrons. The van der Waals surface area contributed by atoms with Gasteiger partial charge in [0.15, 0.2) is 0 Å². The zero-order valence-electron chi connectivity index (χ0n) is 9.32. The molecule has 0 atom stereocenters. The normalized spacial score (nSPS) is 10.4. The van der Waals surface area contributed by atoms with Crippen LogP contribution in [-0.4, -0.2) is 13.2 Å². The molecular formula is C12H18FNO2. The molecule has 0 aliphatic heterocycles. The van der Waals surface area contributed by atoms with Crippen LogP contribution in [0, 0.1) is 5.82 Å². The molecule has 0 saturated carbocycles. The summed E-state index contributed by atoms with van der Waals surface area (Å²) in [6, 6.07) is 6.07. The second-order valence-electron chi connectivity index (χ2n) is 3.59. The number of hydrogen-bond acceptors (Lipinski definition) is 3. The van der Waals surface area contributed by atoms with Crippen molar-refractivity contribution in [1.82, 2.24) is 0 Å². The van der Waals surface area contributed by atoms with Crippen molar-refractivity contribution < 1.29 is 14.0 Å². The molecule has 0 unspecified atom stereocenters. The molecule has 0 heterocycles. The minimum atomic E-state index is -0.242. The summed E-state index contributed by atoms with van der Waals surface area (Å²) >= 11 is 0. The average molecular weight is 227 g/mol. The molecule has 0 fully saturated rings. The summed E-state index contributed by atoms with van der Waals surface area (Å²) in [7, 11) is 0. The summed E-state index contributed by atoms with van der Waals surface area (Å²) < 4.78 is 18.0. The largest absolute Gasteiger partial charge is 0.494 e. The van der Waals surface area contributed by atoms with Crippen molar-refractivity contribution in [3.05, 3.63) is 30.1 Å². The van der Waals surface area contributed by atoms with Crippen LogP contribution in [0.3, 0.4) is 0 Å². The van der Waals surface area contributed by atoms with Gasteiger partial charge in [0.1, 0.15) is 11.6 Å². The standard InChI is InChI=1S/C12H18FNO2/c13-11-5-7-12(8-6-11)15-9-3-1-2-4-10-16-14/h5-8H,1-4,9-10,14H2. The highest BCUT2D eigenvalue weighted by atomic mass is 19.1. The molecule has 0 saturated heterocycles. The van der Waals surface area contributed by atoms with Crippen molar-refractivity contribution in [2.45, 2.75) is 25.7 Å². The van der Waals surface area contributed by atoms with Crippen LogP contribution in [0.1, 0.15) is 25.7 Å². The van der Waals surface area contributed by atoms with Gasteiger partial charge in [-0.2, -0.15) is 0 Å². The van der Waals surface area contributed by atoms with Gasteiger partial charge in [-0.1, -0.05) is 6.42 Å². The monoisotopic (exact) mass is 227 g/mol. The van der Waals surface area contributed by atoms with Gasteiger partial charge >= 0.3 is 0 Å². The van der Waals surface area contributed by atoms with Gasteiger partial charge < -0.3 is 9.57 Å². The van der Waals surface area contributed by atoms with Crippen LogP contribution >= 0.6 is 0 Å². The van der Waals surface area contributed by atoms with E-state index in [0.717, 1.165) is 25.7 Å². The lowest BCUT2D eigenvalue weighted by Gasteiger charge is -2.05. The number of rotatable bonds is 8. The SMILES string of the molecule is NOCCCCCCOc1ccc(F)cc1. The quantitative estimate of drug-likeness (QED) is 0.548. The third-order valence-electron chi connectivity index (χ3n) is 2.24. The number of nitrogens with two attached hydrogens (primary N) is 1. The van der Waals surface area contributed by atoms with E-state index >= 15 is 0 Å². The van der Waals surface area contributed by atoms with E-state index in [1.807, 2.05) is 0 Å². The van der Waals surface area contributed by atoms with E-state index in [4.69, 9.17) is 10.6 Å². The molecule has 3 nitrogen and oxygen atoms in total. The molecule has 1 rings (SSSR count). The molecule has 1 aromatic rings. The van der Waals surface area contributed by atoms with Gasteiger partial charge in [-0.3, -0.25) is 0 Å². The first kappa shape index (κ1) is 12.9. The molecule has 0 aromatic heterocycles. The number of unbranched alkanes of at least 4 members (excludes halogenated alkanes) is 3. The van der Waals surface area contributed by atoms with E-state index in [1.165, 1.54) is 12.1 Å². The summed E-state index contributed by atoms with van der Waals surface area (Å²) in [6.45, 7) is 1.27. The van der Waals surface area contributed by atoms with Crippen molar-refractivity contribution in [3.63, 3.8) is 0 Å². The second kappa shape index (κ2) is 8.07. The summed E-state index contributed by atoms with van der Waals surface area (Å²) in [4.78, 5) is 4.46. The molecule has 4 heteroatoms. The van der Waals surface area contributed by atoms with Crippen LogP contribution in [0.25, 0.3) is 0 Å². The van der Waals surface area contributed by atoms with Gasteiger partial charge in [0.2, 0.25) is 0 Å². The van der Waals surface area contributed by atoms with Gasteiger partial charge in [-0.25, -0.2) is 10.3 Å². The minimum absolute atomic E-state index is 0.242. The van der Waals surface area contributed by atoms with E-state index in [-0.39, 0.29) is 5.82 Å². The molecular weight excluding hydrogens is 209 g/mol. The molecule has 16 heavy (non-hydrogen) atoms. The Bertz CT molecular complexity index is 277. The average Bonchev–Trinajstić information content (AvgIpc) is 2.30. The highest BCUT2D eigenvalue weighted by Crippen LogP contribution is 2.11. The van der Waals surface area contributed by atoms with Crippen molar-refractivity contribution in [2.75, 3.05) is 13.2 Å². The van der Waals surface area contributed by atoms with Gasteiger partial charge in [0.25, 0.3) is 0 Å². The van der Waals surface area contributed by atoms with Crippen LogP contribution in [0.15, 0.2) is 24.3 Å². The van der Waals surface area contributed by atoms with Crippen molar-refractivity contribution in [1.29, 1.82) is 0 Å². The number of halogens is 1. The topological polar surface area (TPSA) is 44.5 Å². The number of ether oxygens (including phenoxy) is 1. The third-order valence-corrected chi connectivity index (χ3v) is 2.24. The Morgan fingerprint density at radius 2 is 1.56 bits per heavy atom. The van der Waals surface area contributed by atoms with E-state index in [1.54, 1.807) is 12.1 Å². The maximum atomic E-state index is 12.6. The Balaban J connectivity index is 2.01. The zero-order chi connectivity index (χ0) is 11.6. The van der Waals surface area contributed by atoms with Crippen LogP contribution in [0.5, 0.6) is 5.75 Å². The Morgan fingerprint density at radius 1 is 0.938 bits per heavy atom. The first-order valence-corrected chi connectivity index (χ1v) is 5.53. The van der Waals surface area contributed by atoms with E-state index < -0.39 is 0 Å². The van der Waals surface area contributed by atoms with Crippen LogP contribution in [0.4, 0.5) is 4.39 Å². The zero-order valence-corrected chi connectivity index (χ0v) is 9.32. The van der Waals surface area contributed by atoms with Gasteiger partial charge in [-0.15, -0.1) is 0 Å². The number of benzene rings is 1. The summed E-state index contributed by atoms with van der Waals surface area (Å²) in [5.74, 6) is 5.38. The Labute approximate surface area is 95.3 Å². The van der Waals surface area contributed by atoms with Crippen LogP contribution in [-0.2, 0) is 4.84 Å². The summed E-state index contributed by atoms with van der Waals surface area (Å²) in [6.07, 6.45) is 4.14. The van der Waals surface area contributed by atoms with Crippen LogP contribution < -0.4 is 10.6 Å². The summed E-state index contributed by atoms with van der Waals surface area (Å²) in [5, 5.41) is 0. The molecule has 0 spiro atoms. The van der Waals surface area contributed by atoms with Crippen molar-refractivity contribution in [3.8, 4) is 5.75 Å². The van der Waals surface area contributed by atoms with Crippen molar-refractivity contribution in [2.24, 2.45) is 5.90 Å². The summed E-state index contributed by atoms with van der Waals surface area (Å²) in [5.41, 5.74) is 0. The molecule has 0 aliphatic rings. The molecule has 0 aliphatic carbocycles. The molecule has 0 radical (unpaired) electrons. The third kappa shape index (κ3) is 5.68. The smallest absolute Gasteiger partial charge is 0.123 e. The highest BCUT2D eigenvalue weighted by Gasteiger charge is 1.95. The Hall–Kier alpha value is -1.13. The fourth-order valence-corrected chi connectivity index (χ4v) is 1.36. The molecule has 2 N–H and O–H groups in total. The maximum absolute atomic E-state index is 12.6. The fraction of sp³-hybridized carbons (Fsp3) is 0.500. The Morgan fingerprint density at radius 3 is 2.19 bits per heavy atom. The maximum Gasteiger partial charge on any atom is 0.123 e. The lowest BCUT2D eigenvalue weighted by atomic mass is 10.2. The van der Waals surface area contributed by atoms with Gasteiger partial charge in [0, 0.05) is 0 Å². The molecule has 0 bridgehead atoms. The van der Waals surface area contributed by atoms with E-state index in [9.17, 15) is 4.39 Å². The minimum Gasteiger partial charge on any atom is -0.494 e. The second-order valence-corrected chi connectivity index (χ2v) is 3.59. The molecule has 1 aromatic carbocycles. The van der Waals surface area contributed by atoms with E-state index in [0.29, 0.717) is 19.0 Å². The highest BCUT2D eigenvalue weighted by molar-refractivity contribution is 5.21. The predicted molar refractivity (Wildman–Crippen MR) is 60.5 cm³/mol. The first-order valence-electron chi connectivity index (χ1n) is 5.53. The van der Waals surface area contributed by atoms with Crippen LogP contribution in [0.2, 0.25) is 0 Å². The van der Waals surface area contributed by atoms with E-state index in [2.05, 4.69) is 4.84 Å². The fourth-order valence-electron chi connectivity index (χ4n) is 1.36. The van der Waals surface area contributed by atoms with Gasteiger partial charge in [0.05, 0.1) is 13.2 Å².